The van der Waals surface area contributed by atoms with Gasteiger partial charge in [0.15, 0.2) is 5.69 Å². The third-order valence-corrected chi connectivity index (χ3v) is 4.96. The lowest BCUT2D eigenvalue weighted by molar-refractivity contribution is -0.120. The van der Waals surface area contributed by atoms with Gasteiger partial charge in [-0.15, -0.1) is 11.3 Å². The molecule has 0 radical (unpaired) electrons. The fraction of sp³-hybridized carbons (Fsp3) is 0.278. The molecule has 0 unspecified atom stereocenters. The highest BCUT2D eigenvalue weighted by atomic mass is 32.1. The number of amides is 1. The van der Waals surface area contributed by atoms with Crippen molar-refractivity contribution in [1.29, 1.82) is 0 Å². The number of carbonyl (C=O) groups excluding carboxylic acids is 1. The van der Waals surface area contributed by atoms with Crippen LogP contribution in [0.25, 0.3) is 10.9 Å². The van der Waals surface area contributed by atoms with Gasteiger partial charge in [-0.3, -0.25) is 4.79 Å². The van der Waals surface area contributed by atoms with Crippen molar-refractivity contribution in [2.45, 2.75) is 26.2 Å². The van der Waals surface area contributed by atoms with E-state index in [-0.39, 0.29) is 11.6 Å². The highest BCUT2D eigenvalue weighted by molar-refractivity contribution is 7.09. The second kappa shape index (κ2) is 7.48. The fourth-order valence-corrected chi connectivity index (χ4v) is 3.56. The van der Waals surface area contributed by atoms with Gasteiger partial charge in [0.1, 0.15) is 0 Å². The molecule has 0 spiro atoms. The molecule has 130 valence electrons. The van der Waals surface area contributed by atoms with E-state index in [1.54, 1.807) is 0 Å². The van der Waals surface area contributed by atoms with Gasteiger partial charge in [-0.05, 0) is 17.5 Å². The maximum Gasteiger partial charge on any atom is 0.355 e. The van der Waals surface area contributed by atoms with Gasteiger partial charge >= 0.3 is 5.97 Å². The van der Waals surface area contributed by atoms with Crippen molar-refractivity contribution in [3.8, 4) is 0 Å². The third-order valence-electron chi connectivity index (χ3n) is 4.05. The number of thiazole rings is 1. The molecule has 0 aliphatic rings. The number of aromatic carboxylic acids is 1. The Labute approximate surface area is 148 Å². The minimum Gasteiger partial charge on any atom is -0.476 e. The van der Waals surface area contributed by atoms with Crippen LogP contribution in [-0.2, 0) is 24.1 Å². The predicted octanol–water partition coefficient (Wildman–Crippen LogP) is 2.79. The number of rotatable bonds is 7. The minimum absolute atomic E-state index is 0.0526. The van der Waals surface area contributed by atoms with E-state index in [0.29, 0.717) is 24.4 Å². The molecule has 0 saturated carbocycles. The number of aromatic nitrogens is 2. The Morgan fingerprint density at radius 3 is 2.88 bits per heavy atom. The van der Waals surface area contributed by atoms with Gasteiger partial charge < -0.3 is 15.4 Å². The lowest BCUT2D eigenvalue weighted by atomic mass is 10.1. The van der Waals surface area contributed by atoms with Crippen LogP contribution in [-0.4, -0.2) is 33.5 Å². The molecule has 6 nitrogen and oxygen atoms in total. The Bertz CT molecular complexity index is 913. The highest BCUT2D eigenvalue weighted by Gasteiger charge is 2.11. The summed E-state index contributed by atoms with van der Waals surface area (Å²) < 4.78 is 0. The van der Waals surface area contributed by atoms with Crippen LogP contribution in [0.4, 0.5) is 0 Å². The first-order valence-corrected chi connectivity index (χ1v) is 8.98. The van der Waals surface area contributed by atoms with Crippen molar-refractivity contribution in [3.63, 3.8) is 0 Å². The molecule has 3 rings (SSSR count). The zero-order chi connectivity index (χ0) is 17.8. The Balaban J connectivity index is 1.56. The molecule has 2 aromatic heterocycles. The molecule has 7 heteroatoms. The molecule has 2 heterocycles. The van der Waals surface area contributed by atoms with E-state index in [0.717, 1.165) is 22.9 Å². The quantitative estimate of drug-likeness (QED) is 0.606. The first kappa shape index (κ1) is 17.2. The number of hydrogen-bond donors (Lipinski definition) is 3. The summed E-state index contributed by atoms with van der Waals surface area (Å²) >= 11 is 1.29. The van der Waals surface area contributed by atoms with E-state index in [2.05, 4.69) is 28.3 Å². The average molecular weight is 357 g/mol. The molecule has 1 aromatic carbocycles. The molecule has 0 aliphatic heterocycles. The van der Waals surface area contributed by atoms with Crippen molar-refractivity contribution in [2.24, 2.45) is 0 Å². The number of para-hydroxylation sites is 1. The number of nitrogens with zero attached hydrogens (tertiary/aromatic N) is 1. The summed E-state index contributed by atoms with van der Waals surface area (Å²) in [6, 6.07) is 6.12. The second-order valence-electron chi connectivity index (χ2n) is 5.72. The van der Waals surface area contributed by atoms with Crippen molar-refractivity contribution < 1.29 is 14.7 Å². The maximum absolute atomic E-state index is 12.2. The average Bonchev–Trinajstić information content (AvgIpc) is 3.22. The van der Waals surface area contributed by atoms with Crippen molar-refractivity contribution in [1.82, 2.24) is 15.3 Å². The van der Waals surface area contributed by atoms with Gasteiger partial charge in [0.05, 0.1) is 11.4 Å². The zero-order valence-electron chi connectivity index (χ0n) is 13.8. The van der Waals surface area contributed by atoms with E-state index in [9.17, 15) is 9.59 Å². The summed E-state index contributed by atoms with van der Waals surface area (Å²) in [5.41, 5.74) is 3.36. The smallest absolute Gasteiger partial charge is 0.355 e. The summed E-state index contributed by atoms with van der Waals surface area (Å²) in [5.74, 6) is -1.09. The first-order chi connectivity index (χ1) is 12.1. The molecule has 25 heavy (non-hydrogen) atoms. The molecule has 0 aliphatic carbocycles. The molecule has 0 atom stereocenters. The van der Waals surface area contributed by atoms with Crippen molar-refractivity contribution >= 4 is 34.1 Å². The van der Waals surface area contributed by atoms with Gasteiger partial charge in [-0.1, -0.05) is 25.1 Å². The Morgan fingerprint density at radius 1 is 1.32 bits per heavy atom. The summed E-state index contributed by atoms with van der Waals surface area (Å²) in [7, 11) is 0. The van der Waals surface area contributed by atoms with E-state index in [1.807, 2.05) is 18.3 Å². The monoisotopic (exact) mass is 357 g/mol. The number of nitrogens with one attached hydrogen (secondary N) is 2. The number of hydrogen-bond acceptors (Lipinski definition) is 4. The SMILES string of the molecule is CCc1cccc2c(CC(=O)NCCc3nc(C(=O)O)cs3)c[nH]c12. The van der Waals surface area contributed by atoms with Crippen molar-refractivity contribution in [3.05, 3.63) is 51.6 Å². The van der Waals surface area contributed by atoms with Crippen LogP contribution in [0.2, 0.25) is 0 Å². The van der Waals surface area contributed by atoms with Gasteiger partial charge in [0.2, 0.25) is 5.91 Å². The standard InChI is InChI=1S/C18H19N3O3S/c1-2-11-4-3-5-13-12(9-20-17(11)13)8-15(22)19-7-6-16-21-14(10-25-16)18(23)24/h3-5,9-10,20H,2,6-8H2,1H3,(H,19,22)(H,23,24). The molecule has 1 amide bonds. The second-order valence-corrected chi connectivity index (χ2v) is 6.66. The number of carbonyl (C=O) groups is 2. The zero-order valence-corrected chi connectivity index (χ0v) is 14.7. The number of fused-ring (bicyclic) bond motifs is 1. The molecule has 3 aromatic rings. The Hall–Kier alpha value is -2.67. The molecule has 0 bridgehead atoms. The lowest BCUT2D eigenvalue weighted by Crippen LogP contribution is -2.27. The number of carboxylic acids is 1. The van der Waals surface area contributed by atoms with Crippen LogP contribution in [0.15, 0.2) is 29.8 Å². The highest BCUT2D eigenvalue weighted by Crippen LogP contribution is 2.22. The predicted molar refractivity (Wildman–Crippen MR) is 97.2 cm³/mol. The Kier molecular flexibility index (Phi) is 5.14. The summed E-state index contributed by atoms with van der Waals surface area (Å²) in [6.45, 7) is 2.55. The van der Waals surface area contributed by atoms with Crippen LogP contribution < -0.4 is 5.32 Å². The van der Waals surface area contributed by atoms with Crippen LogP contribution in [0.1, 0.15) is 33.5 Å². The molecule has 0 fully saturated rings. The van der Waals surface area contributed by atoms with Gasteiger partial charge in [0.25, 0.3) is 0 Å². The van der Waals surface area contributed by atoms with Crippen LogP contribution in [0.3, 0.4) is 0 Å². The van der Waals surface area contributed by atoms with E-state index in [4.69, 9.17) is 5.11 Å². The van der Waals surface area contributed by atoms with Gasteiger partial charge in [0, 0.05) is 35.4 Å². The third kappa shape index (κ3) is 3.88. The topological polar surface area (TPSA) is 95.1 Å². The van der Waals surface area contributed by atoms with E-state index in [1.165, 1.54) is 22.3 Å². The molecule has 3 N–H and O–H groups in total. The van der Waals surface area contributed by atoms with Crippen LogP contribution in [0, 0.1) is 0 Å². The van der Waals surface area contributed by atoms with Crippen molar-refractivity contribution in [2.75, 3.05) is 6.54 Å². The fourth-order valence-electron chi connectivity index (χ4n) is 2.78. The minimum atomic E-state index is -1.03. The van der Waals surface area contributed by atoms with E-state index >= 15 is 0 Å². The number of aromatic amines is 1. The number of carboxylic acid groups (broad SMARTS) is 1. The number of H-pyrrole nitrogens is 1. The van der Waals surface area contributed by atoms with Crippen LogP contribution in [0.5, 0.6) is 0 Å². The number of benzene rings is 1. The number of aryl methyl sites for hydroxylation is 1. The first-order valence-electron chi connectivity index (χ1n) is 8.10. The Morgan fingerprint density at radius 2 is 2.16 bits per heavy atom. The maximum atomic E-state index is 12.2. The van der Waals surface area contributed by atoms with Crippen LogP contribution >= 0.6 is 11.3 Å². The summed E-state index contributed by atoms with van der Waals surface area (Å²) in [6.07, 6.45) is 3.67. The lowest BCUT2D eigenvalue weighted by Gasteiger charge is -2.04. The summed E-state index contributed by atoms with van der Waals surface area (Å²) in [4.78, 5) is 30.2. The molecule has 0 saturated heterocycles. The molecular weight excluding hydrogens is 338 g/mol. The van der Waals surface area contributed by atoms with Gasteiger partial charge in [-0.25, -0.2) is 9.78 Å². The molecular formula is C18H19N3O3S. The normalized spacial score (nSPS) is 10.9. The largest absolute Gasteiger partial charge is 0.476 e. The van der Waals surface area contributed by atoms with E-state index < -0.39 is 5.97 Å². The van der Waals surface area contributed by atoms with Gasteiger partial charge in [-0.2, -0.15) is 0 Å². The summed E-state index contributed by atoms with van der Waals surface area (Å²) in [5, 5.41) is 15.0.